The van der Waals surface area contributed by atoms with E-state index in [9.17, 15) is 15.2 Å². The standard InChI is InChI=1S/C10H11ClN2O3/c11-7-1-2-9(10(5-7)13(15)16)12-4-3-8(14)6-12/h1-2,5,8,14H,3-4,6H2/t8-/m1/s1. The minimum Gasteiger partial charge on any atom is -0.391 e. The van der Waals surface area contributed by atoms with Gasteiger partial charge in [-0.25, -0.2) is 0 Å². The zero-order chi connectivity index (χ0) is 11.7. The largest absolute Gasteiger partial charge is 0.391 e. The lowest BCUT2D eigenvalue weighted by atomic mass is 10.2. The fraction of sp³-hybridized carbons (Fsp3) is 0.400. The van der Waals surface area contributed by atoms with Crippen LogP contribution in [0.25, 0.3) is 0 Å². The number of benzene rings is 1. The van der Waals surface area contributed by atoms with Gasteiger partial charge in [-0.2, -0.15) is 0 Å². The molecule has 1 aliphatic heterocycles. The van der Waals surface area contributed by atoms with Crippen molar-refractivity contribution in [1.29, 1.82) is 0 Å². The van der Waals surface area contributed by atoms with Crippen molar-refractivity contribution in [1.82, 2.24) is 0 Å². The molecular formula is C10H11ClN2O3. The number of nitrogens with zero attached hydrogens (tertiary/aromatic N) is 2. The van der Waals surface area contributed by atoms with E-state index in [4.69, 9.17) is 11.6 Å². The summed E-state index contributed by atoms with van der Waals surface area (Å²) >= 11 is 5.72. The molecule has 0 aromatic heterocycles. The van der Waals surface area contributed by atoms with Crippen LogP contribution in [0.3, 0.4) is 0 Å². The summed E-state index contributed by atoms with van der Waals surface area (Å²) in [5.74, 6) is 0. The van der Waals surface area contributed by atoms with Gasteiger partial charge in [0.1, 0.15) is 5.69 Å². The van der Waals surface area contributed by atoms with Gasteiger partial charge in [-0.15, -0.1) is 0 Å². The van der Waals surface area contributed by atoms with E-state index in [1.54, 1.807) is 17.0 Å². The van der Waals surface area contributed by atoms with E-state index in [0.717, 1.165) is 0 Å². The molecule has 5 nitrogen and oxygen atoms in total. The average molecular weight is 243 g/mol. The van der Waals surface area contributed by atoms with Crippen molar-refractivity contribution in [2.45, 2.75) is 12.5 Å². The first kappa shape index (κ1) is 11.2. The maximum atomic E-state index is 10.9. The van der Waals surface area contributed by atoms with Crippen molar-refractivity contribution in [3.8, 4) is 0 Å². The molecule has 2 rings (SSSR count). The molecule has 0 spiro atoms. The Morgan fingerprint density at radius 2 is 2.31 bits per heavy atom. The van der Waals surface area contributed by atoms with Gasteiger partial charge in [0, 0.05) is 24.2 Å². The zero-order valence-corrected chi connectivity index (χ0v) is 9.22. The molecule has 1 aromatic rings. The second kappa shape index (κ2) is 4.27. The number of aliphatic hydroxyl groups excluding tert-OH is 1. The summed E-state index contributed by atoms with van der Waals surface area (Å²) in [6, 6.07) is 4.58. The average Bonchev–Trinajstić information content (AvgIpc) is 2.64. The number of nitro benzene ring substituents is 1. The van der Waals surface area contributed by atoms with Gasteiger partial charge < -0.3 is 10.0 Å². The van der Waals surface area contributed by atoms with E-state index in [1.165, 1.54) is 6.07 Å². The van der Waals surface area contributed by atoms with Crippen LogP contribution in [-0.4, -0.2) is 29.2 Å². The Kier molecular flexibility index (Phi) is 2.98. The number of halogens is 1. The highest BCUT2D eigenvalue weighted by Crippen LogP contribution is 2.32. The topological polar surface area (TPSA) is 66.6 Å². The highest BCUT2D eigenvalue weighted by atomic mass is 35.5. The van der Waals surface area contributed by atoms with E-state index in [-0.39, 0.29) is 5.69 Å². The quantitative estimate of drug-likeness (QED) is 0.635. The van der Waals surface area contributed by atoms with Gasteiger partial charge in [0.2, 0.25) is 0 Å². The SMILES string of the molecule is O=[N+]([O-])c1cc(Cl)ccc1N1CC[C@@H](O)C1. The summed E-state index contributed by atoms with van der Waals surface area (Å²) in [5, 5.41) is 20.6. The highest BCUT2D eigenvalue weighted by Gasteiger charge is 2.26. The van der Waals surface area contributed by atoms with Crippen LogP contribution in [0.4, 0.5) is 11.4 Å². The first-order valence-corrected chi connectivity index (χ1v) is 5.32. The molecule has 6 heteroatoms. The van der Waals surface area contributed by atoms with E-state index in [0.29, 0.717) is 30.2 Å². The molecule has 16 heavy (non-hydrogen) atoms. The maximum Gasteiger partial charge on any atom is 0.294 e. The predicted molar refractivity (Wildman–Crippen MR) is 60.9 cm³/mol. The van der Waals surface area contributed by atoms with Gasteiger partial charge in [0.25, 0.3) is 5.69 Å². The monoisotopic (exact) mass is 242 g/mol. The Morgan fingerprint density at radius 1 is 1.56 bits per heavy atom. The number of β-amino-alcohol motifs (C(OH)–C–C–N with tert-alkyl or cyclic N) is 1. The van der Waals surface area contributed by atoms with Crippen LogP contribution < -0.4 is 4.90 Å². The smallest absolute Gasteiger partial charge is 0.294 e. The third-order valence-corrected chi connectivity index (χ3v) is 2.87. The number of nitro groups is 1. The van der Waals surface area contributed by atoms with Crippen LogP contribution in [0.5, 0.6) is 0 Å². The van der Waals surface area contributed by atoms with Crippen molar-refractivity contribution in [3.05, 3.63) is 33.3 Å². The van der Waals surface area contributed by atoms with Crippen LogP contribution in [0.2, 0.25) is 5.02 Å². The lowest BCUT2D eigenvalue weighted by molar-refractivity contribution is -0.384. The minimum atomic E-state index is -0.452. The third kappa shape index (κ3) is 2.10. The normalized spacial score (nSPS) is 20.1. The van der Waals surface area contributed by atoms with Crippen molar-refractivity contribution in [3.63, 3.8) is 0 Å². The number of hydrogen-bond donors (Lipinski definition) is 1. The molecule has 0 amide bonds. The summed E-state index contributed by atoms with van der Waals surface area (Å²) in [5.41, 5.74) is 0.507. The number of aliphatic hydroxyl groups is 1. The molecule has 1 aromatic carbocycles. The van der Waals surface area contributed by atoms with E-state index in [1.807, 2.05) is 0 Å². The molecule has 1 heterocycles. The molecule has 0 saturated carbocycles. The summed E-state index contributed by atoms with van der Waals surface area (Å²) < 4.78 is 0. The second-order valence-corrected chi connectivity index (χ2v) is 4.22. The first-order valence-electron chi connectivity index (χ1n) is 4.95. The molecule has 0 bridgehead atoms. The lowest BCUT2D eigenvalue weighted by Crippen LogP contribution is -2.22. The molecule has 1 fully saturated rings. The Hall–Kier alpha value is -1.33. The molecule has 86 valence electrons. The summed E-state index contributed by atoms with van der Waals surface area (Å²) in [7, 11) is 0. The summed E-state index contributed by atoms with van der Waals surface area (Å²) in [4.78, 5) is 12.2. The fourth-order valence-electron chi connectivity index (χ4n) is 1.87. The molecular weight excluding hydrogens is 232 g/mol. The summed E-state index contributed by atoms with van der Waals surface area (Å²) in [6.07, 6.45) is 0.232. The van der Waals surface area contributed by atoms with Crippen LogP contribution in [0, 0.1) is 10.1 Å². The van der Waals surface area contributed by atoms with Crippen LogP contribution >= 0.6 is 11.6 Å². The molecule has 0 radical (unpaired) electrons. The number of hydrogen-bond acceptors (Lipinski definition) is 4. The Labute approximate surface area is 97.4 Å². The maximum absolute atomic E-state index is 10.9. The van der Waals surface area contributed by atoms with Crippen molar-refractivity contribution in [2.24, 2.45) is 0 Å². The van der Waals surface area contributed by atoms with Crippen LogP contribution in [0.1, 0.15) is 6.42 Å². The van der Waals surface area contributed by atoms with Gasteiger partial charge in [-0.1, -0.05) is 11.6 Å². The molecule has 0 unspecified atom stereocenters. The molecule has 0 aliphatic carbocycles. The van der Waals surface area contributed by atoms with Gasteiger partial charge >= 0.3 is 0 Å². The fourth-order valence-corrected chi connectivity index (χ4v) is 2.04. The molecule has 1 aliphatic rings. The first-order chi connectivity index (χ1) is 7.58. The predicted octanol–water partition coefficient (Wildman–Crippen LogP) is 1.82. The van der Waals surface area contributed by atoms with Crippen molar-refractivity contribution >= 4 is 23.0 Å². The molecule has 1 N–H and O–H groups in total. The van der Waals surface area contributed by atoms with Gasteiger partial charge in [-0.05, 0) is 18.6 Å². The second-order valence-electron chi connectivity index (χ2n) is 3.78. The minimum absolute atomic E-state index is 0.0124. The molecule has 1 atom stereocenters. The summed E-state index contributed by atoms with van der Waals surface area (Å²) in [6.45, 7) is 1.06. The van der Waals surface area contributed by atoms with Crippen LogP contribution in [-0.2, 0) is 0 Å². The zero-order valence-electron chi connectivity index (χ0n) is 8.47. The van der Waals surface area contributed by atoms with Gasteiger partial charge in [0.05, 0.1) is 11.0 Å². The third-order valence-electron chi connectivity index (χ3n) is 2.64. The van der Waals surface area contributed by atoms with Crippen molar-refractivity contribution in [2.75, 3.05) is 18.0 Å². The van der Waals surface area contributed by atoms with Crippen LogP contribution in [0.15, 0.2) is 18.2 Å². The highest BCUT2D eigenvalue weighted by molar-refractivity contribution is 6.30. The van der Waals surface area contributed by atoms with Gasteiger partial charge in [-0.3, -0.25) is 10.1 Å². The number of rotatable bonds is 2. The lowest BCUT2D eigenvalue weighted by Gasteiger charge is -2.17. The Morgan fingerprint density at radius 3 is 2.88 bits per heavy atom. The van der Waals surface area contributed by atoms with E-state index in [2.05, 4.69) is 0 Å². The van der Waals surface area contributed by atoms with E-state index >= 15 is 0 Å². The van der Waals surface area contributed by atoms with Gasteiger partial charge in [0.15, 0.2) is 0 Å². The number of anilines is 1. The Balaban J connectivity index is 2.36. The van der Waals surface area contributed by atoms with E-state index < -0.39 is 11.0 Å². The van der Waals surface area contributed by atoms with Crippen molar-refractivity contribution < 1.29 is 10.0 Å². The Bertz CT molecular complexity index is 425. The molecule has 1 saturated heterocycles.